The Morgan fingerprint density at radius 1 is 1.38 bits per heavy atom. The van der Waals surface area contributed by atoms with E-state index in [0.29, 0.717) is 18.0 Å². The fourth-order valence-corrected chi connectivity index (χ4v) is 3.86. The third-order valence-electron chi connectivity index (χ3n) is 4.85. The van der Waals surface area contributed by atoms with Crippen molar-refractivity contribution in [1.29, 1.82) is 5.26 Å². The maximum atomic E-state index is 9.20. The molecular weight excluding hydrogens is 324 g/mol. The molecule has 4 rings (SSSR count). The van der Waals surface area contributed by atoms with Crippen molar-refractivity contribution >= 4 is 22.6 Å². The SMILES string of the molecule is N#CC[C@H](C1CCCC1)n1cc(-c2nc(Cl)nc3[nH]ccc23)cn1. The summed E-state index contributed by atoms with van der Waals surface area (Å²) in [7, 11) is 0. The van der Waals surface area contributed by atoms with Crippen LogP contribution in [0.3, 0.4) is 0 Å². The van der Waals surface area contributed by atoms with Crippen LogP contribution in [0, 0.1) is 17.2 Å². The molecule has 0 amide bonds. The highest BCUT2D eigenvalue weighted by molar-refractivity contribution is 6.28. The Hall–Kier alpha value is -2.39. The number of nitrogens with zero attached hydrogens (tertiary/aromatic N) is 5. The van der Waals surface area contributed by atoms with Crippen molar-refractivity contribution in [2.24, 2.45) is 5.92 Å². The van der Waals surface area contributed by atoms with Gasteiger partial charge in [0, 0.05) is 23.3 Å². The Morgan fingerprint density at radius 2 is 2.21 bits per heavy atom. The number of nitriles is 1. The molecule has 3 aromatic rings. The second kappa shape index (κ2) is 6.25. The molecule has 0 radical (unpaired) electrons. The zero-order valence-corrected chi connectivity index (χ0v) is 13.9. The van der Waals surface area contributed by atoms with Crippen LogP contribution in [-0.2, 0) is 0 Å². The lowest BCUT2D eigenvalue weighted by Gasteiger charge is -2.21. The number of nitrogens with one attached hydrogen (secondary N) is 1. The first-order chi connectivity index (χ1) is 11.8. The third kappa shape index (κ3) is 2.65. The molecule has 1 fully saturated rings. The molecule has 0 aromatic carbocycles. The fraction of sp³-hybridized carbons (Fsp3) is 0.412. The van der Waals surface area contributed by atoms with E-state index in [1.54, 1.807) is 6.20 Å². The van der Waals surface area contributed by atoms with E-state index < -0.39 is 0 Å². The van der Waals surface area contributed by atoms with Crippen LogP contribution in [0.1, 0.15) is 38.1 Å². The topological polar surface area (TPSA) is 83.2 Å². The number of hydrogen-bond acceptors (Lipinski definition) is 4. The number of halogens is 1. The minimum Gasteiger partial charge on any atom is -0.346 e. The number of aromatic nitrogens is 5. The number of hydrogen-bond donors (Lipinski definition) is 1. The molecule has 0 saturated heterocycles. The Morgan fingerprint density at radius 3 is 3.00 bits per heavy atom. The molecule has 0 unspecified atom stereocenters. The molecule has 122 valence electrons. The molecule has 24 heavy (non-hydrogen) atoms. The van der Waals surface area contributed by atoms with Crippen molar-refractivity contribution in [3.05, 3.63) is 29.9 Å². The summed E-state index contributed by atoms with van der Waals surface area (Å²) in [6.07, 6.45) is 10.9. The second-order valence-electron chi connectivity index (χ2n) is 6.26. The summed E-state index contributed by atoms with van der Waals surface area (Å²) >= 11 is 6.04. The van der Waals surface area contributed by atoms with E-state index in [1.807, 2.05) is 23.1 Å². The summed E-state index contributed by atoms with van der Waals surface area (Å²) < 4.78 is 1.93. The van der Waals surface area contributed by atoms with Crippen LogP contribution < -0.4 is 0 Å². The molecule has 3 aromatic heterocycles. The van der Waals surface area contributed by atoms with Crippen LogP contribution in [0.4, 0.5) is 0 Å². The minimum absolute atomic E-state index is 0.130. The second-order valence-corrected chi connectivity index (χ2v) is 6.60. The molecular formula is C17H17ClN6. The van der Waals surface area contributed by atoms with Gasteiger partial charge in [0.05, 0.1) is 30.4 Å². The van der Waals surface area contributed by atoms with Gasteiger partial charge in [-0.3, -0.25) is 4.68 Å². The van der Waals surface area contributed by atoms with Gasteiger partial charge in [-0.2, -0.15) is 15.3 Å². The van der Waals surface area contributed by atoms with Crippen LogP contribution in [0.15, 0.2) is 24.7 Å². The number of H-pyrrole nitrogens is 1. The first-order valence-electron chi connectivity index (χ1n) is 8.18. The highest BCUT2D eigenvalue weighted by Crippen LogP contribution is 2.36. The van der Waals surface area contributed by atoms with Crippen LogP contribution in [0.25, 0.3) is 22.3 Å². The van der Waals surface area contributed by atoms with E-state index in [1.165, 1.54) is 25.7 Å². The van der Waals surface area contributed by atoms with Gasteiger partial charge in [0.15, 0.2) is 0 Å². The summed E-state index contributed by atoms with van der Waals surface area (Å²) in [5, 5.41) is 14.8. The van der Waals surface area contributed by atoms with Gasteiger partial charge in [-0.1, -0.05) is 12.8 Å². The van der Waals surface area contributed by atoms with Gasteiger partial charge < -0.3 is 4.98 Å². The molecule has 1 saturated carbocycles. The van der Waals surface area contributed by atoms with E-state index in [-0.39, 0.29) is 11.3 Å². The predicted molar refractivity (Wildman–Crippen MR) is 91.3 cm³/mol. The van der Waals surface area contributed by atoms with Gasteiger partial charge in [-0.15, -0.1) is 0 Å². The van der Waals surface area contributed by atoms with Gasteiger partial charge in [-0.05, 0) is 36.4 Å². The highest BCUT2D eigenvalue weighted by Gasteiger charge is 2.27. The molecule has 0 aliphatic heterocycles. The number of fused-ring (bicyclic) bond motifs is 1. The lowest BCUT2D eigenvalue weighted by molar-refractivity contribution is 0.315. The van der Waals surface area contributed by atoms with Crippen molar-refractivity contribution < 1.29 is 0 Å². The normalized spacial score (nSPS) is 16.5. The largest absolute Gasteiger partial charge is 0.346 e. The average molecular weight is 341 g/mol. The van der Waals surface area contributed by atoms with Crippen molar-refractivity contribution in [1.82, 2.24) is 24.7 Å². The summed E-state index contributed by atoms with van der Waals surface area (Å²) in [5.74, 6) is 0.527. The lowest BCUT2D eigenvalue weighted by atomic mass is 9.96. The molecule has 3 heterocycles. The Labute approximate surface area is 144 Å². The molecule has 0 bridgehead atoms. The molecule has 1 atom stereocenters. The first kappa shape index (κ1) is 15.2. The van der Waals surface area contributed by atoms with Gasteiger partial charge in [0.1, 0.15) is 5.65 Å². The maximum Gasteiger partial charge on any atom is 0.224 e. The smallest absolute Gasteiger partial charge is 0.224 e. The maximum absolute atomic E-state index is 9.20. The standard InChI is InChI=1S/C17H17ClN6/c18-17-22-15(13-6-8-20-16(13)23-17)12-9-21-24(10-12)14(5-7-19)11-3-1-2-4-11/h6,8-11,14H,1-5H2,(H,20,22,23)/t14-/m1/s1. The van der Waals surface area contributed by atoms with Crippen molar-refractivity contribution in [2.75, 3.05) is 0 Å². The minimum atomic E-state index is 0.130. The molecule has 1 aliphatic carbocycles. The van der Waals surface area contributed by atoms with E-state index >= 15 is 0 Å². The van der Waals surface area contributed by atoms with Gasteiger partial charge in [0.2, 0.25) is 5.28 Å². The Balaban J connectivity index is 1.73. The number of aromatic amines is 1. The van der Waals surface area contributed by atoms with Gasteiger partial charge in [0.25, 0.3) is 0 Å². The summed E-state index contributed by atoms with van der Waals surface area (Å²) in [6.45, 7) is 0. The zero-order chi connectivity index (χ0) is 16.5. The van der Waals surface area contributed by atoms with E-state index in [0.717, 1.165) is 16.6 Å². The third-order valence-corrected chi connectivity index (χ3v) is 5.02. The first-order valence-corrected chi connectivity index (χ1v) is 8.56. The quantitative estimate of drug-likeness (QED) is 0.724. The lowest BCUT2D eigenvalue weighted by Crippen LogP contribution is -2.17. The fourth-order valence-electron chi connectivity index (χ4n) is 3.69. The molecule has 1 aliphatic rings. The molecule has 7 heteroatoms. The van der Waals surface area contributed by atoms with Crippen LogP contribution in [0.5, 0.6) is 0 Å². The van der Waals surface area contributed by atoms with E-state index in [2.05, 4.69) is 26.1 Å². The highest BCUT2D eigenvalue weighted by atomic mass is 35.5. The summed E-state index contributed by atoms with van der Waals surface area (Å²) in [6, 6.07) is 4.38. The number of rotatable bonds is 4. The van der Waals surface area contributed by atoms with Gasteiger partial charge >= 0.3 is 0 Å². The van der Waals surface area contributed by atoms with Gasteiger partial charge in [-0.25, -0.2) is 4.98 Å². The molecule has 6 nitrogen and oxygen atoms in total. The Kier molecular flexibility index (Phi) is 3.95. The summed E-state index contributed by atoms with van der Waals surface area (Å²) in [5.41, 5.74) is 2.37. The zero-order valence-electron chi connectivity index (χ0n) is 13.1. The molecule has 0 spiro atoms. The van der Waals surface area contributed by atoms with Crippen LogP contribution in [0.2, 0.25) is 5.28 Å². The van der Waals surface area contributed by atoms with Crippen molar-refractivity contribution in [3.63, 3.8) is 0 Å². The van der Waals surface area contributed by atoms with Crippen LogP contribution in [-0.4, -0.2) is 24.7 Å². The molecule has 1 N–H and O–H groups in total. The van der Waals surface area contributed by atoms with Crippen molar-refractivity contribution in [3.8, 4) is 17.3 Å². The Bertz CT molecular complexity index is 899. The van der Waals surface area contributed by atoms with Crippen molar-refractivity contribution in [2.45, 2.75) is 38.1 Å². The van der Waals surface area contributed by atoms with E-state index in [9.17, 15) is 5.26 Å². The van der Waals surface area contributed by atoms with E-state index in [4.69, 9.17) is 11.6 Å². The summed E-state index contributed by atoms with van der Waals surface area (Å²) in [4.78, 5) is 11.6. The predicted octanol–water partition coefficient (Wildman–Crippen LogP) is 4.12. The average Bonchev–Trinajstić information content (AvgIpc) is 3.31. The van der Waals surface area contributed by atoms with Crippen LogP contribution >= 0.6 is 11.6 Å². The monoisotopic (exact) mass is 340 g/mol.